The monoisotopic (exact) mass is 202 g/mol. The Hall–Kier alpha value is -2.10. The second-order valence-corrected chi connectivity index (χ2v) is 3.09. The second kappa shape index (κ2) is 3.96. The molecule has 0 saturated heterocycles. The zero-order valence-electron chi connectivity index (χ0n) is 8.23. The third-order valence-corrected chi connectivity index (χ3v) is 1.95. The van der Waals surface area contributed by atoms with E-state index in [1.54, 1.807) is 24.5 Å². The van der Waals surface area contributed by atoms with Crippen molar-refractivity contribution in [1.82, 2.24) is 9.97 Å². The number of rotatable bonds is 2. The molecule has 0 atom stereocenters. The van der Waals surface area contributed by atoms with Gasteiger partial charge in [-0.15, -0.1) is 0 Å². The van der Waals surface area contributed by atoms with E-state index < -0.39 is 0 Å². The molecule has 2 heterocycles. The van der Waals surface area contributed by atoms with E-state index in [0.717, 1.165) is 5.56 Å². The average molecular weight is 202 g/mol. The van der Waals surface area contributed by atoms with Crippen LogP contribution in [0.2, 0.25) is 0 Å². The number of ether oxygens (including phenoxy) is 1. The van der Waals surface area contributed by atoms with E-state index in [4.69, 9.17) is 4.74 Å². The van der Waals surface area contributed by atoms with Gasteiger partial charge in [-0.2, -0.15) is 0 Å². The number of aromatic nitrogens is 2. The Bertz CT molecular complexity index is 520. The van der Waals surface area contributed by atoms with Crippen LogP contribution in [0.3, 0.4) is 0 Å². The third kappa shape index (κ3) is 2.04. The van der Waals surface area contributed by atoms with Crippen molar-refractivity contribution in [1.29, 1.82) is 0 Å². The molecule has 0 aromatic carbocycles. The van der Waals surface area contributed by atoms with Gasteiger partial charge in [-0.25, -0.2) is 4.98 Å². The summed E-state index contributed by atoms with van der Waals surface area (Å²) in [6.45, 7) is 1.87. The first-order valence-electron chi connectivity index (χ1n) is 4.54. The highest BCUT2D eigenvalue weighted by molar-refractivity contribution is 5.29. The van der Waals surface area contributed by atoms with Crippen LogP contribution in [0.5, 0.6) is 11.6 Å². The Morgan fingerprint density at radius 3 is 2.93 bits per heavy atom. The van der Waals surface area contributed by atoms with Crippen LogP contribution in [0, 0.1) is 6.92 Å². The third-order valence-electron chi connectivity index (χ3n) is 1.95. The summed E-state index contributed by atoms with van der Waals surface area (Å²) in [5.74, 6) is 0.702. The SMILES string of the molecule is Cc1cccnc1Oc1ccc[nH]c1=O. The molecule has 2 aromatic heterocycles. The lowest BCUT2D eigenvalue weighted by atomic mass is 10.3. The van der Waals surface area contributed by atoms with E-state index >= 15 is 0 Å². The molecule has 0 aliphatic heterocycles. The van der Waals surface area contributed by atoms with Crippen LogP contribution >= 0.6 is 0 Å². The summed E-state index contributed by atoms with van der Waals surface area (Å²) in [4.78, 5) is 17.9. The van der Waals surface area contributed by atoms with Crippen molar-refractivity contribution < 1.29 is 4.74 Å². The van der Waals surface area contributed by atoms with E-state index in [9.17, 15) is 4.79 Å². The van der Waals surface area contributed by atoms with Crippen LogP contribution in [0.15, 0.2) is 41.5 Å². The molecule has 0 saturated carbocycles. The molecule has 0 unspecified atom stereocenters. The minimum atomic E-state index is -0.262. The van der Waals surface area contributed by atoms with Crippen molar-refractivity contribution in [3.63, 3.8) is 0 Å². The summed E-state index contributed by atoms with van der Waals surface area (Å²) in [7, 11) is 0. The summed E-state index contributed by atoms with van der Waals surface area (Å²) < 4.78 is 5.39. The molecule has 0 spiro atoms. The van der Waals surface area contributed by atoms with Crippen molar-refractivity contribution in [2.75, 3.05) is 0 Å². The maximum atomic E-state index is 11.3. The topological polar surface area (TPSA) is 55.0 Å². The van der Waals surface area contributed by atoms with Gasteiger partial charge in [0.25, 0.3) is 5.56 Å². The predicted octanol–water partition coefficient (Wildman–Crippen LogP) is 1.87. The molecule has 2 rings (SSSR count). The molecule has 0 radical (unpaired) electrons. The number of nitrogens with one attached hydrogen (secondary N) is 1. The fourth-order valence-electron chi connectivity index (χ4n) is 1.17. The Labute approximate surface area is 86.6 Å². The van der Waals surface area contributed by atoms with Crippen LogP contribution < -0.4 is 10.3 Å². The van der Waals surface area contributed by atoms with Crippen LogP contribution in [0.25, 0.3) is 0 Å². The number of aryl methyl sites for hydroxylation is 1. The van der Waals surface area contributed by atoms with Crippen LogP contribution in [-0.2, 0) is 0 Å². The zero-order valence-corrected chi connectivity index (χ0v) is 8.23. The van der Waals surface area contributed by atoms with Crippen molar-refractivity contribution in [2.24, 2.45) is 0 Å². The Morgan fingerprint density at radius 2 is 2.20 bits per heavy atom. The largest absolute Gasteiger partial charge is 0.433 e. The maximum absolute atomic E-state index is 11.3. The van der Waals surface area contributed by atoms with Gasteiger partial charge < -0.3 is 9.72 Å². The molecule has 15 heavy (non-hydrogen) atoms. The standard InChI is InChI=1S/C11H10N2O2/c1-8-4-2-7-13-11(8)15-9-5-3-6-12-10(9)14/h2-7H,1H3,(H,12,14). The molecule has 76 valence electrons. The Kier molecular flexibility index (Phi) is 2.49. The van der Waals surface area contributed by atoms with Gasteiger partial charge in [0.15, 0.2) is 5.75 Å². The highest BCUT2D eigenvalue weighted by Crippen LogP contribution is 2.18. The maximum Gasteiger partial charge on any atom is 0.290 e. The molecule has 1 N–H and O–H groups in total. The van der Waals surface area contributed by atoms with Crippen LogP contribution in [0.4, 0.5) is 0 Å². The quantitative estimate of drug-likeness (QED) is 0.808. The first kappa shape index (κ1) is 9.45. The van der Waals surface area contributed by atoms with Crippen molar-refractivity contribution in [3.8, 4) is 11.6 Å². The van der Waals surface area contributed by atoms with Gasteiger partial charge in [-0.1, -0.05) is 6.07 Å². The van der Waals surface area contributed by atoms with Crippen LogP contribution in [0.1, 0.15) is 5.56 Å². The highest BCUT2D eigenvalue weighted by atomic mass is 16.5. The molecule has 0 fully saturated rings. The lowest BCUT2D eigenvalue weighted by molar-refractivity contribution is 0.452. The molecule has 0 amide bonds. The number of aromatic amines is 1. The van der Waals surface area contributed by atoms with E-state index in [0.29, 0.717) is 5.88 Å². The molecule has 0 bridgehead atoms. The van der Waals surface area contributed by atoms with Gasteiger partial charge in [0.1, 0.15) is 0 Å². The normalized spacial score (nSPS) is 9.93. The molecule has 0 aliphatic rings. The molecule has 0 aliphatic carbocycles. The van der Waals surface area contributed by atoms with Gasteiger partial charge in [-0.3, -0.25) is 4.79 Å². The minimum absolute atomic E-state index is 0.249. The van der Waals surface area contributed by atoms with Crippen molar-refractivity contribution >= 4 is 0 Å². The zero-order chi connectivity index (χ0) is 10.7. The number of nitrogens with zero attached hydrogens (tertiary/aromatic N) is 1. The summed E-state index contributed by atoms with van der Waals surface area (Å²) in [5, 5.41) is 0. The lowest BCUT2D eigenvalue weighted by Gasteiger charge is -2.05. The number of hydrogen-bond acceptors (Lipinski definition) is 3. The van der Waals surface area contributed by atoms with E-state index in [1.807, 2.05) is 19.1 Å². The van der Waals surface area contributed by atoms with E-state index in [-0.39, 0.29) is 11.3 Å². The molecule has 4 heteroatoms. The minimum Gasteiger partial charge on any atom is -0.433 e. The molecular formula is C11H10N2O2. The Morgan fingerprint density at radius 1 is 1.33 bits per heavy atom. The fraction of sp³-hybridized carbons (Fsp3) is 0.0909. The first-order valence-corrected chi connectivity index (χ1v) is 4.54. The number of H-pyrrole nitrogens is 1. The molecule has 4 nitrogen and oxygen atoms in total. The number of pyridine rings is 2. The van der Waals surface area contributed by atoms with Gasteiger partial charge in [0.2, 0.25) is 5.88 Å². The lowest BCUT2D eigenvalue weighted by Crippen LogP contribution is -2.07. The van der Waals surface area contributed by atoms with Gasteiger partial charge >= 0.3 is 0 Å². The summed E-state index contributed by atoms with van der Waals surface area (Å²) in [5.41, 5.74) is 0.628. The fourth-order valence-corrected chi connectivity index (χ4v) is 1.17. The first-order chi connectivity index (χ1) is 7.27. The number of hydrogen-bond donors (Lipinski definition) is 1. The van der Waals surface area contributed by atoms with Gasteiger partial charge in [0, 0.05) is 18.0 Å². The summed E-state index contributed by atoms with van der Waals surface area (Å²) in [6, 6.07) is 7.00. The molecule has 2 aromatic rings. The second-order valence-electron chi connectivity index (χ2n) is 3.09. The van der Waals surface area contributed by atoms with Crippen molar-refractivity contribution in [3.05, 3.63) is 52.6 Å². The Balaban J connectivity index is 2.34. The molecular weight excluding hydrogens is 192 g/mol. The predicted molar refractivity (Wildman–Crippen MR) is 56.1 cm³/mol. The van der Waals surface area contributed by atoms with E-state index in [2.05, 4.69) is 9.97 Å². The van der Waals surface area contributed by atoms with E-state index in [1.165, 1.54) is 0 Å². The average Bonchev–Trinajstić information content (AvgIpc) is 2.24. The smallest absolute Gasteiger partial charge is 0.290 e. The van der Waals surface area contributed by atoms with Crippen molar-refractivity contribution in [2.45, 2.75) is 6.92 Å². The summed E-state index contributed by atoms with van der Waals surface area (Å²) in [6.07, 6.45) is 3.18. The van der Waals surface area contributed by atoms with Gasteiger partial charge in [0.05, 0.1) is 0 Å². The highest BCUT2D eigenvalue weighted by Gasteiger charge is 2.04. The van der Waals surface area contributed by atoms with Gasteiger partial charge in [-0.05, 0) is 25.1 Å². The summed E-state index contributed by atoms with van der Waals surface area (Å²) >= 11 is 0. The van der Waals surface area contributed by atoms with Crippen LogP contribution in [-0.4, -0.2) is 9.97 Å².